The molecule has 1 amide bonds. The molecule has 4 rings (SSSR count). The Bertz CT molecular complexity index is 884. The number of pyridine rings is 1. The van der Waals surface area contributed by atoms with Crippen molar-refractivity contribution < 1.29 is 50.9 Å². The molecule has 2 N–H and O–H groups in total. The zero-order chi connectivity index (χ0) is 27.1. The highest BCUT2D eigenvalue weighted by atomic mass is 19.4. The van der Waals surface area contributed by atoms with Crippen LogP contribution in [-0.4, -0.2) is 87.9 Å². The molecule has 14 heteroatoms. The number of likely N-dealkylation sites (tertiary alicyclic amines) is 2. The van der Waals surface area contributed by atoms with Gasteiger partial charge in [-0.1, -0.05) is 0 Å². The van der Waals surface area contributed by atoms with Crippen LogP contribution < -0.4 is 0 Å². The summed E-state index contributed by atoms with van der Waals surface area (Å²) in [5.74, 6) is -4.39. The largest absolute Gasteiger partial charge is 0.490 e. The monoisotopic (exact) mass is 527 g/mol. The topological polar surface area (TPSA) is 111 Å². The lowest BCUT2D eigenvalue weighted by Gasteiger charge is -2.40. The van der Waals surface area contributed by atoms with Gasteiger partial charge in [0.25, 0.3) is 5.91 Å². The van der Waals surface area contributed by atoms with E-state index in [0.29, 0.717) is 5.41 Å². The number of aromatic nitrogens is 1. The lowest BCUT2D eigenvalue weighted by molar-refractivity contribution is -0.193. The molecule has 8 nitrogen and oxygen atoms in total. The fraction of sp³-hybridized carbons (Fsp3) is 0.636. The number of carboxylic acid groups (broad SMARTS) is 2. The van der Waals surface area contributed by atoms with Gasteiger partial charge in [0.05, 0.1) is 5.56 Å². The Hall–Kier alpha value is -2.90. The van der Waals surface area contributed by atoms with E-state index in [1.165, 1.54) is 45.3 Å². The van der Waals surface area contributed by atoms with E-state index in [2.05, 4.69) is 14.8 Å². The summed E-state index contributed by atoms with van der Waals surface area (Å²) in [6, 6.07) is 3.73. The molecule has 0 aromatic carbocycles. The van der Waals surface area contributed by atoms with Crippen LogP contribution in [0.5, 0.6) is 0 Å². The maximum atomic E-state index is 12.7. The molecule has 1 saturated carbocycles. The van der Waals surface area contributed by atoms with Crippen molar-refractivity contribution in [2.24, 2.45) is 11.3 Å². The minimum absolute atomic E-state index is 0.160. The minimum Gasteiger partial charge on any atom is -0.475 e. The second kappa shape index (κ2) is 11.9. The average molecular weight is 527 g/mol. The van der Waals surface area contributed by atoms with Gasteiger partial charge in [0.1, 0.15) is 0 Å². The summed E-state index contributed by atoms with van der Waals surface area (Å²) >= 11 is 0. The molecular formula is C22H27F6N3O5. The molecule has 1 aromatic heterocycles. The van der Waals surface area contributed by atoms with Crippen molar-refractivity contribution in [2.45, 2.75) is 44.5 Å². The van der Waals surface area contributed by atoms with Crippen molar-refractivity contribution in [1.29, 1.82) is 0 Å². The number of amides is 1. The van der Waals surface area contributed by atoms with Gasteiger partial charge in [-0.15, -0.1) is 0 Å². The molecule has 3 fully saturated rings. The van der Waals surface area contributed by atoms with E-state index in [1.54, 1.807) is 12.4 Å². The van der Waals surface area contributed by atoms with Gasteiger partial charge in [-0.25, -0.2) is 9.59 Å². The van der Waals surface area contributed by atoms with Gasteiger partial charge in [-0.05, 0) is 56.7 Å². The van der Waals surface area contributed by atoms with Crippen LogP contribution in [0.4, 0.5) is 26.3 Å². The fourth-order valence-electron chi connectivity index (χ4n) is 4.24. The van der Waals surface area contributed by atoms with Gasteiger partial charge in [0, 0.05) is 44.0 Å². The summed E-state index contributed by atoms with van der Waals surface area (Å²) in [4.78, 5) is 39.3. The Morgan fingerprint density at radius 1 is 0.972 bits per heavy atom. The average Bonchev–Trinajstić information content (AvgIpc) is 3.53. The number of alkyl halides is 6. The van der Waals surface area contributed by atoms with Crippen molar-refractivity contribution in [3.05, 3.63) is 30.1 Å². The van der Waals surface area contributed by atoms with Gasteiger partial charge in [0.15, 0.2) is 0 Å². The third-order valence-corrected chi connectivity index (χ3v) is 6.07. The Kier molecular flexibility index (Phi) is 9.69. The van der Waals surface area contributed by atoms with Crippen molar-refractivity contribution in [2.75, 3.05) is 32.7 Å². The Labute approximate surface area is 202 Å². The van der Waals surface area contributed by atoms with Crippen LogP contribution >= 0.6 is 0 Å². The second-order valence-electron chi connectivity index (χ2n) is 9.11. The molecule has 1 atom stereocenters. The van der Waals surface area contributed by atoms with Crippen LogP contribution in [0.2, 0.25) is 0 Å². The Balaban J connectivity index is 0.000000271. The second-order valence-corrected chi connectivity index (χ2v) is 9.11. The van der Waals surface area contributed by atoms with Crippen molar-refractivity contribution in [3.8, 4) is 0 Å². The predicted molar refractivity (Wildman–Crippen MR) is 113 cm³/mol. The first kappa shape index (κ1) is 29.3. The number of carbonyl (C=O) groups is 3. The molecule has 3 aliphatic rings. The van der Waals surface area contributed by atoms with Gasteiger partial charge in [-0.3, -0.25) is 9.78 Å². The maximum absolute atomic E-state index is 12.7. The molecule has 1 aromatic rings. The standard InChI is InChI=1S/C18H25N3O.2C2HF3O2/c22-17(16-3-1-8-19-11-16)21-9-2-6-18(14-21)7-10-20(13-18)12-15-4-5-15;2*3-2(4,5)1(6)7/h1,3,8,11,15H,2,4-7,9-10,12-14H2;2*(H,6,7). The van der Waals surface area contributed by atoms with Crippen LogP contribution in [0.3, 0.4) is 0 Å². The summed E-state index contributed by atoms with van der Waals surface area (Å²) < 4.78 is 63.5. The van der Waals surface area contributed by atoms with E-state index in [1.807, 2.05) is 12.1 Å². The molecule has 1 spiro atoms. The zero-order valence-corrected chi connectivity index (χ0v) is 19.2. The molecule has 2 aliphatic heterocycles. The third-order valence-electron chi connectivity index (χ3n) is 6.07. The number of hydrogen-bond donors (Lipinski definition) is 2. The number of piperidine rings is 1. The molecule has 3 heterocycles. The quantitative estimate of drug-likeness (QED) is 0.577. The number of rotatable bonds is 3. The number of halogens is 6. The zero-order valence-electron chi connectivity index (χ0n) is 19.2. The van der Waals surface area contributed by atoms with E-state index in [-0.39, 0.29) is 5.91 Å². The number of hydrogen-bond acceptors (Lipinski definition) is 5. The highest BCUT2D eigenvalue weighted by molar-refractivity contribution is 5.94. The number of aliphatic carboxylic acids is 2. The summed E-state index contributed by atoms with van der Waals surface area (Å²) in [5.41, 5.74) is 1.08. The fourth-order valence-corrected chi connectivity index (χ4v) is 4.24. The summed E-state index contributed by atoms with van der Waals surface area (Å²) in [6.07, 6.45) is -0.214. The van der Waals surface area contributed by atoms with Crippen LogP contribution in [0.15, 0.2) is 24.5 Å². The summed E-state index contributed by atoms with van der Waals surface area (Å²) in [5, 5.41) is 14.2. The smallest absolute Gasteiger partial charge is 0.475 e. The number of nitrogens with zero attached hydrogens (tertiary/aromatic N) is 3. The van der Waals surface area contributed by atoms with Crippen LogP contribution in [-0.2, 0) is 9.59 Å². The first-order valence-corrected chi connectivity index (χ1v) is 11.1. The van der Waals surface area contributed by atoms with Crippen molar-refractivity contribution in [3.63, 3.8) is 0 Å². The first-order chi connectivity index (χ1) is 16.6. The lowest BCUT2D eigenvalue weighted by atomic mass is 9.79. The molecule has 2 saturated heterocycles. The highest BCUT2D eigenvalue weighted by Crippen LogP contribution is 2.41. The van der Waals surface area contributed by atoms with E-state index in [4.69, 9.17) is 19.8 Å². The minimum atomic E-state index is -5.08. The van der Waals surface area contributed by atoms with Crippen molar-refractivity contribution >= 4 is 17.8 Å². The van der Waals surface area contributed by atoms with E-state index in [0.717, 1.165) is 31.0 Å². The molecule has 1 aliphatic carbocycles. The molecule has 0 radical (unpaired) electrons. The Morgan fingerprint density at radius 3 is 2.03 bits per heavy atom. The van der Waals surface area contributed by atoms with E-state index < -0.39 is 24.3 Å². The lowest BCUT2D eigenvalue weighted by Crippen LogP contribution is -2.47. The molecule has 1 unspecified atom stereocenters. The SMILES string of the molecule is O=C(O)C(F)(F)F.O=C(O)C(F)(F)F.O=C(c1cccnc1)N1CCCC2(CCN(CC3CC3)C2)C1. The maximum Gasteiger partial charge on any atom is 0.490 e. The number of carboxylic acids is 2. The normalized spacial score (nSPS) is 22.2. The predicted octanol–water partition coefficient (Wildman–Crippen LogP) is 3.69. The molecule has 0 bridgehead atoms. The van der Waals surface area contributed by atoms with Gasteiger partial charge < -0.3 is 20.0 Å². The van der Waals surface area contributed by atoms with E-state index >= 15 is 0 Å². The first-order valence-electron chi connectivity index (χ1n) is 11.1. The highest BCUT2D eigenvalue weighted by Gasteiger charge is 2.43. The molecular weight excluding hydrogens is 500 g/mol. The van der Waals surface area contributed by atoms with Crippen LogP contribution in [0, 0.1) is 11.3 Å². The van der Waals surface area contributed by atoms with Gasteiger partial charge >= 0.3 is 24.3 Å². The number of carbonyl (C=O) groups excluding carboxylic acids is 1. The summed E-state index contributed by atoms with van der Waals surface area (Å²) in [6.45, 7) is 5.55. The summed E-state index contributed by atoms with van der Waals surface area (Å²) in [7, 11) is 0. The van der Waals surface area contributed by atoms with Gasteiger partial charge in [0.2, 0.25) is 0 Å². The molecule has 202 valence electrons. The Morgan fingerprint density at radius 2 is 1.56 bits per heavy atom. The van der Waals surface area contributed by atoms with Crippen LogP contribution in [0.25, 0.3) is 0 Å². The van der Waals surface area contributed by atoms with Gasteiger partial charge in [-0.2, -0.15) is 26.3 Å². The van der Waals surface area contributed by atoms with Crippen LogP contribution in [0.1, 0.15) is 42.5 Å². The van der Waals surface area contributed by atoms with E-state index in [9.17, 15) is 31.1 Å². The third kappa shape index (κ3) is 9.28. The van der Waals surface area contributed by atoms with Crippen molar-refractivity contribution in [1.82, 2.24) is 14.8 Å². The molecule has 36 heavy (non-hydrogen) atoms.